The number of allylic oxidation sites excluding steroid dienone is 3. The van der Waals surface area contributed by atoms with Gasteiger partial charge in [-0.25, -0.2) is 0 Å². The molecule has 74 valence electrons. The molecular formula is C12H21N. The normalized spacial score (nSPS) is 21.9. The van der Waals surface area contributed by atoms with E-state index in [1.54, 1.807) is 0 Å². The minimum absolute atomic E-state index is 0.589. The van der Waals surface area contributed by atoms with Crippen molar-refractivity contribution in [2.24, 2.45) is 0 Å². The van der Waals surface area contributed by atoms with Gasteiger partial charge >= 0.3 is 0 Å². The summed E-state index contributed by atoms with van der Waals surface area (Å²) >= 11 is 0. The summed E-state index contributed by atoms with van der Waals surface area (Å²) in [5.41, 5.74) is 1.49. The highest BCUT2D eigenvalue weighted by atomic mass is 15.2. The maximum atomic E-state index is 2.52. The molecule has 1 aliphatic heterocycles. The van der Waals surface area contributed by atoms with Crippen LogP contribution in [-0.2, 0) is 0 Å². The summed E-state index contributed by atoms with van der Waals surface area (Å²) in [4.78, 5) is 2.52. The van der Waals surface area contributed by atoms with Gasteiger partial charge in [-0.3, -0.25) is 0 Å². The van der Waals surface area contributed by atoms with Crippen molar-refractivity contribution in [3.05, 3.63) is 23.9 Å². The van der Waals surface area contributed by atoms with Gasteiger partial charge in [-0.1, -0.05) is 32.4 Å². The van der Waals surface area contributed by atoms with Crippen LogP contribution in [0.2, 0.25) is 0 Å². The van der Waals surface area contributed by atoms with Gasteiger partial charge in [0, 0.05) is 18.3 Å². The van der Waals surface area contributed by atoms with Crippen LogP contribution >= 0.6 is 0 Å². The van der Waals surface area contributed by atoms with Gasteiger partial charge in [-0.05, 0) is 25.8 Å². The Labute approximate surface area is 82.1 Å². The van der Waals surface area contributed by atoms with Crippen LogP contribution < -0.4 is 0 Å². The lowest BCUT2D eigenvalue weighted by Crippen LogP contribution is -2.33. The van der Waals surface area contributed by atoms with E-state index in [0.717, 1.165) is 6.42 Å². The van der Waals surface area contributed by atoms with E-state index in [2.05, 4.69) is 43.9 Å². The Morgan fingerprint density at radius 2 is 2.15 bits per heavy atom. The molecule has 0 aromatic rings. The summed E-state index contributed by atoms with van der Waals surface area (Å²) in [5.74, 6) is 0. The fraction of sp³-hybridized carbons (Fsp3) is 0.667. The van der Waals surface area contributed by atoms with Crippen molar-refractivity contribution in [3.63, 3.8) is 0 Å². The van der Waals surface area contributed by atoms with Crippen molar-refractivity contribution in [1.82, 2.24) is 4.90 Å². The molecule has 0 aromatic heterocycles. The van der Waals surface area contributed by atoms with Crippen molar-refractivity contribution in [2.75, 3.05) is 6.54 Å². The SMILES string of the molecule is CCCCN1C(CC)=CC=CC1C. The lowest BCUT2D eigenvalue weighted by molar-refractivity contribution is 0.290. The minimum atomic E-state index is 0.589. The fourth-order valence-electron chi connectivity index (χ4n) is 1.79. The van der Waals surface area contributed by atoms with Crippen LogP contribution in [0.25, 0.3) is 0 Å². The molecular weight excluding hydrogens is 158 g/mol. The van der Waals surface area contributed by atoms with Gasteiger partial charge in [-0.15, -0.1) is 0 Å². The first kappa shape index (κ1) is 10.4. The first-order valence-corrected chi connectivity index (χ1v) is 5.43. The Morgan fingerprint density at radius 1 is 1.38 bits per heavy atom. The van der Waals surface area contributed by atoms with E-state index in [1.165, 1.54) is 25.1 Å². The highest BCUT2D eigenvalue weighted by molar-refractivity contribution is 5.19. The highest BCUT2D eigenvalue weighted by Crippen LogP contribution is 2.19. The third-order valence-electron chi connectivity index (χ3n) is 2.65. The van der Waals surface area contributed by atoms with Gasteiger partial charge in [-0.2, -0.15) is 0 Å². The van der Waals surface area contributed by atoms with E-state index < -0.39 is 0 Å². The number of hydrogen-bond acceptors (Lipinski definition) is 1. The van der Waals surface area contributed by atoms with Crippen molar-refractivity contribution in [1.29, 1.82) is 0 Å². The number of hydrogen-bond donors (Lipinski definition) is 0. The third-order valence-corrected chi connectivity index (χ3v) is 2.65. The molecule has 1 atom stereocenters. The quantitative estimate of drug-likeness (QED) is 0.639. The second-order valence-electron chi connectivity index (χ2n) is 3.68. The molecule has 0 aromatic carbocycles. The summed E-state index contributed by atoms with van der Waals surface area (Å²) in [5, 5.41) is 0. The van der Waals surface area contributed by atoms with Crippen LogP contribution in [-0.4, -0.2) is 17.5 Å². The standard InChI is InChI=1S/C12H21N/c1-4-6-10-13-11(3)8-7-9-12(13)5-2/h7-9,11H,4-6,10H2,1-3H3. The van der Waals surface area contributed by atoms with Gasteiger partial charge in [0.25, 0.3) is 0 Å². The number of unbranched alkanes of at least 4 members (excludes halogenated alkanes) is 1. The second kappa shape index (κ2) is 5.11. The molecule has 0 amide bonds. The Kier molecular flexibility index (Phi) is 4.07. The van der Waals surface area contributed by atoms with E-state index in [9.17, 15) is 0 Å². The van der Waals surface area contributed by atoms with Crippen LogP contribution in [0.15, 0.2) is 23.9 Å². The average Bonchev–Trinajstić information content (AvgIpc) is 2.15. The zero-order valence-electron chi connectivity index (χ0n) is 9.09. The average molecular weight is 179 g/mol. The Morgan fingerprint density at radius 3 is 2.77 bits per heavy atom. The van der Waals surface area contributed by atoms with E-state index in [-0.39, 0.29) is 0 Å². The summed E-state index contributed by atoms with van der Waals surface area (Å²) in [7, 11) is 0. The van der Waals surface area contributed by atoms with Crippen LogP contribution in [0.4, 0.5) is 0 Å². The molecule has 0 saturated carbocycles. The van der Waals surface area contributed by atoms with E-state index in [1.807, 2.05) is 0 Å². The van der Waals surface area contributed by atoms with Crippen molar-refractivity contribution < 1.29 is 0 Å². The first-order chi connectivity index (χ1) is 6.29. The lowest BCUT2D eigenvalue weighted by atomic mass is 10.1. The van der Waals surface area contributed by atoms with Crippen LogP contribution in [0.1, 0.15) is 40.0 Å². The predicted octanol–water partition coefficient (Wildman–Crippen LogP) is 3.34. The molecule has 0 N–H and O–H groups in total. The van der Waals surface area contributed by atoms with E-state index in [4.69, 9.17) is 0 Å². The Balaban J connectivity index is 2.57. The summed E-state index contributed by atoms with van der Waals surface area (Å²) < 4.78 is 0. The van der Waals surface area contributed by atoms with Crippen LogP contribution in [0, 0.1) is 0 Å². The Bertz CT molecular complexity index is 203. The van der Waals surface area contributed by atoms with Crippen LogP contribution in [0.3, 0.4) is 0 Å². The molecule has 0 saturated heterocycles. The Hall–Kier alpha value is -0.720. The van der Waals surface area contributed by atoms with Gasteiger partial charge in [0.05, 0.1) is 0 Å². The maximum Gasteiger partial charge on any atom is 0.0444 e. The molecule has 1 nitrogen and oxygen atoms in total. The molecule has 1 heteroatoms. The summed E-state index contributed by atoms with van der Waals surface area (Å²) in [6.07, 6.45) is 10.4. The van der Waals surface area contributed by atoms with Crippen molar-refractivity contribution in [2.45, 2.75) is 46.1 Å². The highest BCUT2D eigenvalue weighted by Gasteiger charge is 2.14. The van der Waals surface area contributed by atoms with Crippen LogP contribution in [0.5, 0.6) is 0 Å². The van der Waals surface area contributed by atoms with Crippen molar-refractivity contribution >= 4 is 0 Å². The third kappa shape index (κ3) is 2.61. The topological polar surface area (TPSA) is 3.24 Å². The van der Waals surface area contributed by atoms with Gasteiger partial charge in [0.2, 0.25) is 0 Å². The molecule has 0 bridgehead atoms. The number of rotatable bonds is 4. The molecule has 0 fully saturated rings. The largest absolute Gasteiger partial charge is 0.369 e. The van der Waals surface area contributed by atoms with E-state index >= 15 is 0 Å². The predicted molar refractivity (Wildman–Crippen MR) is 58.6 cm³/mol. The molecule has 13 heavy (non-hydrogen) atoms. The van der Waals surface area contributed by atoms with Gasteiger partial charge in [0.1, 0.15) is 0 Å². The minimum Gasteiger partial charge on any atom is -0.369 e. The molecule has 1 unspecified atom stereocenters. The smallest absolute Gasteiger partial charge is 0.0444 e. The fourth-order valence-corrected chi connectivity index (χ4v) is 1.79. The molecule has 0 aliphatic carbocycles. The molecule has 1 aliphatic rings. The monoisotopic (exact) mass is 179 g/mol. The molecule has 1 rings (SSSR count). The second-order valence-corrected chi connectivity index (χ2v) is 3.68. The zero-order chi connectivity index (χ0) is 9.68. The molecule has 0 spiro atoms. The van der Waals surface area contributed by atoms with Gasteiger partial charge in [0.15, 0.2) is 0 Å². The van der Waals surface area contributed by atoms with Gasteiger partial charge < -0.3 is 4.90 Å². The number of nitrogens with zero attached hydrogens (tertiary/aromatic N) is 1. The zero-order valence-corrected chi connectivity index (χ0v) is 9.09. The lowest BCUT2D eigenvalue weighted by Gasteiger charge is -2.33. The maximum absolute atomic E-state index is 2.52. The summed E-state index contributed by atoms with van der Waals surface area (Å²) in [6, 6.07) is 0.589. The van der Waals surface area contributed by atoms with E-state index in [0.29, 0.717) is 6.04 Å². The van der Waals surface area contributed by atoms with Crippen molar-refractivity contribution in [3.8, 4) is 0 Å². The molecule has 1 heterocycles. The molecule has 0 radical (unpaired) electrons. The first-order valence-electron chi connectivity index (χ1n) is 5.43. The summed E-state index contributed by atoms with van der Waals surface area (Å²) in [6.45, 7) is 7.97.